The summed E-state index contributed by atoms with van der Waals surface area (Å²) in [4.78, 5) is 11.9. The highest BCUT2D eigenvalue weighted by atomic mass is 35.5. The van der Waals surface area contributed by atoms with Gasteiger partial charge in [0.2, 0.25) is 0 Å². The molecule has 0 spiro atoms. The van der Waals surface area contributed by atoms with Gasteiger partial charge >= 0.3 is 5.97 Å². The highest BCUT2D eigenvalue weighted by Crippen LogP contribution is 2.44. The molecule has 4 nitrogen and oxygen atoms in total. The lowest BCUT2D eigenvalue weighted by Crippen LogP contribution is -2.40. The summed E-state index contributed by atoms with van der Waals surface area (Å²) >= 11 is 11.5. The molecule has 0 amide bonds. The number of nitrogens with one attached hydrogen (secondary N) is 2. The topological polar surface area (TPSA) is 50.4 Å². The second kappa shape index (κ2) is 7.05. The molecule has 3 atom stereocenters. The fraction of sp³-hybridized carbons (Fsp3) is 0.529. The number of thiocarbonyl (C=S) groups is 1. The van der Waals surface area contributed by atoms with Crippen LogP contribution in [0.2, 0.25) is 5.02 Å². The second-order valence-electron chi connectivity index (χ2n) is 6.29. The predicted octanol–water partition coefficient (Wildman–Crippen LogP) is 3.99. The van der Waals surface area contributed by atoms with Crippen molar-refractivity contribution in [1.29, 1.82) is 0 Å². The van der Waals surface area contributed by atoms with Gasteiger partial charge in [0, 0.05) is 11.7 Å². The second-order valence-corrected chi connectivity index (χ2v) is 7.11. The minimum Gasteiger partial charge on any atom is -0.462 e. The van der Waals surface area contributed by atoms with E-state index in [9.17, 15) is 4.79 Å². The number of anilines is 1. The van der Waals surface area contributed by atoms with E-state index >= 15 is 0 Å². The lowest BCUT2D eigenvalue weighted by atomic mass is 9.96. The van der Waals surface area contributed by atoms with Crippen molar-refractivity contribution in [3.63, 3.8) is 0 Å². The molecule has 1 aromatic rings. The Morgan fingerprint density at radius 2 is 2.22 bits per heavy atom. The maximum absolute atomic E-state index is 11.9. The first-order valence-corrected chi connectivity index (χ1v) is 8.89. The van der Waals surface area contributed by atoms with Crippen molar-refractivity contribution in [2.75, 3.05) is 11.9 Å². The van der Waals surface area contributed by atoms with Crippen molar-refractivity contribution < 1.29 is 9.53 Å². The molecule has 2 N–H and O–H groups in total. The van der Waals surface area contributed by atoms with Gasteiger partial charge < -0.3 is 15.4 Å². The van der Waals surface area contributed by atoms with E-state index in [0.29, 0.717) is 28.3 Å². The third-order valence-corrected chi connectivity index (χ3v) is 5.32. The Bertz CT molecular complexity index is 623. The lowest BCUT2D eigenvalue weighted by molar-refractivity contribution is 0.0526. The Kier molecular flexibility index (Phi) is 5.07. The molecule has 0 radical (unpaired) electrons. The van der Waals surface area contributed by atoms with E-state index in [4.69, 9.17) is 28.6 Å². The van der Waals surface area contributed by atoms with E-state index < -0.39 is 5.97 Å². The number of hydrogen-bond acceptors (Lipinski definition) is 3. The number of carbonyl (C=O) groups is 1. The zero-order chi connectivity index (χ0) is 16.4. The van der Waals surface area contributed by atoms with Crippen molar-refractivity contribution in [1.82, 2.24) is 5.32 Å². The molecule has 2 aliphatic rings. The first-order valence-electron chi connectivity index (χ1n) is 8.11. The van der Waals surface area contributed by atoms with Crippen molar-refractivity contribution >= 4 is 40.6 Å². The summed E-state index contributed by atoms with van der Waals surface area (Å²) in [6.07, 6.45) is 5.21. The molecule has 0 heterocycles. The summed E-state index contributed by atoms with van der Waals surface area (Å²) in [5, 5.41) is 7.54. The molecule has 3 rings (SSSR count). The summed E-state index contributed by atoms with van der Waals surface area (Å²) < 4.78 is 5.01. The zero-order valence-corrected chi connectivity index (χ0v) is 14.7. The predicted molar refractivity (Wildman–Crippen MR) is 96.0 cm³/mol. The first kappa shape index (κ1) is 16.5. The summed E-state index contributed by atoms with van der Waals surface area (Å²) in [6, 6.07) is 5.64. The molecule has 2 bridgehead atoms. The number of ether oxygens (including phenoxy) is 1. The largest absolute Gasteiger partial charge is 0.462 e. The lowest BCUT2D eigenvalue weighted by Gasteiger charge is -2.24. The molecule has 0 aliphatic heterocycles. The van der Waals surface area contributed by atoms with Gasteiger partial charge in [-0.25, -0.2) is 4.79 Å². The van der Waals surface area contributed by atoms with Crippen molar-refractivity contribution in [3.05, 3.63) is 28.8 Å². The van der Waals surface area contributed by atoms with E-state index in [1.165, 1.54) is 25.7 Å². The molecule has 0 saturated heterocycles. The Hall–Kier alpha value is -1.33. The van der Waals surface area contributed by atoms with Gasteiger partial charge in [-0.2, -0.15) is 0 Å². The number of halogens is 1. The zero-order valence-electron chi connectivity index (χ0n) is 13.1. The quantitative estimate of drug-likeness (QED) is 0.633. The van der Waals surface area contributed by atoms with Gasteiger partial charge in [0.1, 0.15) is 0 Å². The number of hydrogen-bond donors (Lipinski definition) is 2. The van der Waals surface area contributed by atoms with Gasteiger partial charge in [-0.15, -0.1) is 0 Å². The fourth-order valence-electron chi connectivity index (χ4n) is 3.73. The third kappa shape index (κ3) is 3.78. The molecule has 23 heavy (non-hydrogen) atoms. The molecular formula is C17H21ClN2O2S. The van der Waals surface area contributed by atoms with Crippen LogP contribution < -0.4 is 10.6 Å². The van der Waals surface area contributed by atoms with Crippen LogP contribution >= 0.6 is 23.8 Å². The fourth-order valence-corrected chi connectivity index (χ4v) is 4.19. The third-order valence-electron chi connectivity index (χ3n) is 4.77. The van der Waals surface area contributed by atoms with E-state index in [1.807, 2.05) is 0 Å². The van der Waals surface area contributed by atoms with E-state index in [-0.39, 0.29) is 0 Å². The Morgan fingerprint density at radius 3 is 2.87 bits per heavy atom. The van der Waals surface area contributed by atoms with Crippen LogP contribution in [0.1, 0.15) is 43.0 Å². The summed E-state index contributed by atoms with van der Waals surface area (Å²) in [7, 11) is 0. The van der Waals surface area contributed by atoms with Crippen molar-refractivity contribution in [2.45, 2.75) is 38.6 Å². The number of esters is 1. The minimum absolute atomic E-state index is 0.316. The van der Waals surface area contributed by atoms with Crippen LogP contribution in [0.3, 0.4) is 0 Å². The molecular weight excluding hydrogens is 332 g/mol. The SMILES string of the molecule is CCOC(=O)c1cc(NC(=S)N[C@@H]2C[C@H]3CC[C@@H]2C3)ccc1Cl. The molecule has 124 valence electrons. The van der Waals surface area contributed by atoms with Crippen LogP contribution in [0.25, 0.3) is 0 Å². The average Bonchev–Trinajstić information content (AvgIpc) is 3.12. The number of benzene rings is 1. The van der Waals surface area contributed by atoms with Crippen LogP contribution in [0.5, 0.6) is 0 Å². The van der Waals surface area contributed by atoms with Crippen LogP contribution in [0, 0.1) is 11.8 Å². The van der Waals surface area contributed by atoms with Gasteiger partial charge in [0.25, 0.3) is 0 Å². The van der Waals surface area contributed by atoms with Crippen LogP contribution in [0.4, 0.5) is 5.69 Å². The molecule has 6 heteroatoms. The van der Waals surface area contributed by atoms with Crippen molar-refractivity contribution in [3.8, 4) is 0 Å². The Morgan fingerprint density at radius 1 is 1.39 bits per heavy atom. The summed E-state index contributed by atoms with van der Waals surface area (Å²) in [5.74, 6) is 1.19. The summed E-state index contributed by atoms with van der Waals surface area (Å²) in [5.41, 5.74) is 1.08. The standard InChI is InChI=1S/C17H21ClN2O2S/c1-2-22-16(21)13-9-12(5-6-14(13)18)19-17(23)20-15-8-10-3-4-11(15)7-10/h5-6,9-11,15H,2-4,7-8H2,1H3,(H2,19,20,23)/t10-,11+,15+/m0/s1. The highest BCUT2D eigenvalue weighted by Gasteiger charge is 2.39. The maximum Gasteiger partial charge on any atom is 0.339 e. The average molecular weight is 353 g/mol. The van der Waals surface area contributed by atoms with Crippen LogP contribution in [-0.4, -0.2) is 23.7 Å². The summed E-state index contributed by atoms with van der Waals surface area (Å²) in [6.45, 7) is 2.08. The van der Waals surface area contributed by atoms with Gasteiger partial charge in [0.05, 0.1) is 17.2 Å². The first-order chi connectivity index (χ1) is 11.1. The van der Waals surface area contributed by atoms with Gasteiger partial charge in [-0.3, -0.25) is 0 Å². The number of rotatable bonds is 4. The normalized spacial score (nSPS) is 25.2. The maximum atomic E-state index is 11.9. The van der Waals surface area contributed by atoms with E-state index in [0.717, 1.165) is 17.5 Å². The number of fused-ring (bicyclic) bond motifs is 2. The molecule has 2 fully saturated rings. The van der Waals surface area contributed by atoms with Gasteiger partial charge in [-0.05, 0) is 68.4 Å². The minimum atomic E-state index is -0.423. The Balaban J connectivity index is 1.62. The molecule has 0 aromatic heterocycles. The van der Waals surface area contributed by atoms with E-state index in [1.54, 1.807) is 25.1 Å². The van der Waals surface area contributed by atoms with E-state index in [2.05, 4.69) is 10.6 Å². The molecule has 0 unspecified atom stereocenters. The number of carbonyl (C=O) groups excluding carboxylic acids is 1. The van der Waals surface area contributed by atoms with Crippen molar-refractivity contribution in [2.24, 2.45) is 11.8 Å². The van der Waals surface area contributed by atoms with Crippen LogP contribution in [0.15, 0.2) is 18.2 Å². The van der Waals surface area contributed by atoms with Gasteiger partial charge in [0.15, 0.2) is 5.11 Å². The molecule has 2 saturated carbocycles. The monoisotopic (exact) mass is 352 g/mol. The molecule has 2 aliphatic carbocycles. The smallest absolute Gasteiger partial charge is 0.339 e. The highest BCUT2D eigenvalue weighted by molar-refractivity contribution is 7.80. The van der Waals surface area contributed by atoms with Crippen LogP contribution in [-0.2, 0) is 4.74 Å². The van der Waals surface area contributed by atoms with Gasteiger partial charge in [-0.1, -0.05) is 18.0 Å². The molecule has 1 aromatic carbocycles. The Labute approximate surface area is 146 Å².